The Labute approximate surface area is 136 Å². The van der Waals surface area contributed by atoms with E-state index in [1.54, 1.807) is 30.5 Å². The molecule has 0 spiro atoms. The second kappa shape index (κ2) is 5.44. The summed E-state index contributed by atoms with van der Waals surface area (Å²) in [6.07, 6.45) is 1.59. The Balaban J connectivity index is 2.18. The third kappa shape index (κ3) is 2.71. The number of hydrogen-bond acceptors (Lipinski definition) is 3. The molecular formula is C15H12BrNO2S2. The fourth-order valence-corrected chi connectivity index (χ4v) is 4.76. The summed E-state index contributed by atoms with van der Waals surface area (Å²) in [5.74, 6) is 0. The van der Waals surface area contributed by atoms with Crippen LogP contribution < -0.4 is 0 Å². The van der Waals surface area contributed by atoms with Gasteiger partial charge in [0.15, 0.2) is 0 Å². The van der Waals surface area contributed by atoms with Crippen LogP contribution in [-0.2, 0) is 10.0 Å². The molecule has 0 aliphatic heterocycles. The predicted octanol–water partition coefficient (Wildman–Crippen LogP) is 4.52. The summed E-state index contributed by atoms with van der Waals surface area (Å²) in [7, 11) is -3.60. The van der Waals surface area contributed by atoms with Gasteiger partial charge in [0.25, 0.3) is 10.0 Å². The van der Waals surface area contributed by atoms with E-state index < -0.39 is 10.0 Å². The van der Waals surface area contributed by atoms with Gasteiger partial charge >= 0.3 is 0 Å². The number of aryl methyl sites for hydroxylation is 1. The predicted molar refractivity (Wildman–Crippen MR) is 89.2 cm³/mol. The number of halogens is 1. The van der Waals surface area contributed by atoms with Crippen molar-refractivity contribution in [2.45, 2.75) is 11.8 Å². The Kier molecular flexibility index (Phi) is 3.77. The molecule has 2 heterocycles. The van der Waals surface area contributed by atoms with Gasteiger partial charge in [-0.25, -0.2) is 12.4 Å². The highest BCUT2D eigenvalue weighted by Gasteiger charge is 2.21. The van der Waals surface area contributed by atoms with Crippen LogP contribution in [-0.4, -0.2) is 12.4 Å². The van der Waals surface area contributed by atoms with Crippen LogP contribution >= 0.6 is 27.3 Å². The standard InChI is InChI=1S/C15H12BrNO2S2/c1-11-4-6-13(7-5-11)21(18,19)17-10-12(16)9-14(17)15-3-2-8-20-15/h2-10H,1H3. The molecule has 1 aromatic carbocycles. The molecule has 0 saturated carbocycles. The van der Waals surface area contributed by atoms with E-state index in [4.69, 9.17) is 0 Å². The Hall–Kier alpha value is -1.37. The molecule has 0 atom stereocenters. The normalized spacial score (nSPS) is 11.7. The zero-order valence-corrected chi connectivity index (χ0v) is 14.4. The lowest BCUT2D eigenvalue weighted by molar-refractivity contribution is 0.588. The van der Waals surface area contributed by atoms with Crippen molar-refractivity contribution in [2.24, 2.45) is 0 Å². The van der Waals surface area contributed by atoms with Gasteiger partial charge in [-0.05, 0) is 52.5 Å². The zero-order chi connectivity index (χ0) is 15.0. The lowest BCUT2D eigenvalue weighted by atomic mass is 10.2. The van der Waals surface area contributed by atoms with Crippen LogP contribution in [0.4, 0.5) is 0 Å². The highest BCUT2D eigenvalue weighted by Crippen LogP contribution is 2.31. The van der Waals surface area contributed by atoms with Crippen molar-refractivity contribution in [3.05, 3.63) is 64.1 Å². The summed E-state index contributed by atoms with van der Waals surface area (Å²) in [5, 5.41) is 1.93. The van der Waals surface area contributed by atoms with Crippen molar-refractivity contribution in [1.29, 1.82) is 0 Å². The average molecular weight is 382 g/mol. The number of nitrogens with zero attached hydrogens (tertiary/aromatic N) is 1. The lowest BCUT2D eigenvalue weighted by Crippen LogP contribution is -2.12. The maximum atomic E-state index is 12.8. The van der Waals surface area contributed by atoms with E-state index in [-0.39, 0.29) is 4.90 Å². The summed E-state index contributed by atoms with van der Waals surface area (Å²) in [5.41, 5.74) is 1.69. The maximum Gasteiger partial charge on any atom is 0.268 e. The molecule has 108 valence electrons. The quantitative estimate of drug-likeness (QED) is 0.668. The summed E-state index contributed by atoms with van der Waals surface area (Å²) in [6, 6.07) is 12.5. The molecule has 0 unspecified atom stereocenters. The van der Waals surface area contributed by atoms with Gasteiger partial charge in [0.1, 0.15) is 0 Å². The van der Waals surface area contributed by atoms with Gasteiger partial charge in [-0.15, -0.1) is 11.3 Å². The van der Waals surface area contributed by atoms with E-state index in [2.05, 4.69) is 15.9 Å². The lowest BCUT2D eigenvalue weighted by Gasteiger charge is -2.09. The second-order valence-corrected chi connectivity index (χ2v) is 8.31. The molecular weight excluding hydrogens is 370 g/mol. The first-order chi connectivity index (χ1) is 9.98. The smallest absolute Gasteiger partial charge is 0.239 e. The maximum absolute atomic E-state index is 12.8. The molecule has 0 aliphatic carbocycles. The van der Waals surface area contributed by atoms with Gasteiger partial charge < -0.3 is 0 Å². The largest absolute Gasteiger partial charge is 0.268 e. The minimum atomic E-state index is -3.60. The fraction of sp³-hybridized carbons (Fsp3) is 0.0667. The van der Waals surface area contributed by atoms with Crippen molar-refractivity contribution in [3.63, 3.8) is 0 Å². The third-order valence-corrected chi connectivity index (χ3v) is 6.12. The third-order valence-electron chi connectivity index (χ3n) is 3.10. The summed E-state index contributed by atoms with van der Waals surface area (Å²) in [6.45, 7) is 1.93. The average Bonchev–Trinajstić information content (AvgIpc) is 3.08. The van der Waals surface area contributed by atoms with E-state index in [9.17, 15) is 8.42 Å². The summed E-state index contributed by atoms with van der Waals surface area (Å²) < 4.78 is 27.7. The van der Waals surface area contributed by atoms with Crippen LogP contribution in [0.3, 0.4) is 0 Å². The van der Waals surface area contributed by atoms with E-state index in [0.29, 0.717) is 5.69 Å². The van der Waals surface area contributed by atoms with Gasteiger partial charge in [0, 0.05) is 10.7 Å². The Bertz CT molecular complexity index is 863. The van der Waals surface area contributed by atoms with E-state index in [1.165, 1.54) is 15.3 Å². The molecule has 6 heteroatoms. The SMILES string of the molecule is Cc1ccc(S(=O)(=O)n2cc(Br)cc2-c2cccs2)cc1. The molecule has 0 amide bonds. The highest BCUT2D eigenvalue weighted by molar-refractivity contribution is 9.10. The first-order valence-corrected chi connectivity index (χ1v) is 9.34. The van der Waals surface area contributed by atoms with E-state index in [0.717, 1.165) is 14.9 Å². The Morgan fingerprint density at radius 2 is 1.86 bits per heavy atom. The van der Waals surface area contributed by atoms with Crippen molar-refractivity contribution in [1.82, 2.24) is 3.97 Å². The van der Waals surface area contributed by atoms with Gasteiger partial charge in [-0.1, -0.05) is 23.8 Å². The molecule has 0 saturated heterocycles. The second-order valence-electron chi connectivity index (χ2n) is 4.63. The van der Waals surface area contributed by atoms with Gasteiger partial charge in [0.05, 0.1) is 15.5 Å². The molecule has 0 aliphatic rings. The van der Waals surface area contributed by atoms with Crippen LogP contribution in [0.25, 0.3) is 10.6 Å². The highest BCUT2D eigenvalue weighted by atomic mass is 79.9. The van der Waals surface area contributed by atoms with E-state index in [1.807, 2.05) is 30.5 Å². The molecule has 0 radical (unpaired) electrons. The molecule has 0 N–H and O–H groups in total. The minimum Gasteiger partial charge on any atom is -0.239 e. The topological polar surface area (TPSA) is 39.1 Å². The van der Waals surface area contributed by atoms with E-state index >= 15 is 0 Å². The number of benzene rings is 1. The minimum absolute atomic E-state index is 0.286. The van der Waals surface area contributed by atoms with Crippen LogP contribution in [0.15, 0.2) is 63.4 Å². The summed E-state index contributed by atoms with van der Waals surface area (Å²) in [4.78, 5) is 1.20. The molecule has 2 aromatic heterocycles. The van der Waals surface area contributed by atoms with Crippen LogP contribution in [0, 0.1) is 6.92 Å². The van der Waals surface area contributed by atoms with Crippen LogP contribution in [0.5, 0.6) is 0 Å². The molecule has 21 heavy (non-hydrogen) atoms. The van der Waals surface area contributed by atoms with Crippen molar-refractivity contribution in [2.75, 3.05) is 0 Å². The molecule has 0 bridgehead atoms. The number of rotatable bonds is 3. The Morgan fingerprint density at radius 1 is 1.14 bits per heavy atom. The van der Waals surface area contributed by atoms with Crippen molar-refractivity contribution >= 4 is 37.3 Å². The first kappa shape index (κ1) is 14.6. The zero-order valence-electron chi connectivity index (χ0n) is 11.2. The van der Waals surface area contributed by atoms with Gasteiger partial charge in [0.2, 0.25) is 0 Å². The van der Waals surface area contributed by atoms with Crippen molar-refractivity contribution < 1.29 is 8.42 Å². The molecule has 3 nitrogen and oxygen atoms in total. The fourth-order valence-electron chi connectivity index (χ4n) is 2.04. The van der Waals surface area contributed by atoms with Gasteiger partial charge in [-0.2, -0.15) is 0 Å². The monoisotopic (exact) mass is 381 g/mol. The number of aromatic nitrogens is 1. The van der Waals surface area contributed by atoms with Crippen molar-refractivity contribution in [3.8, 4) is 10.6 Å². The molecule has 0 fully saturated rings. The first-order valence-electron chi connectivity index (χ1n) is 6.22. The number of thiophene rings is 1. The van der Waals surface area contributed by atoms with Crippen LogP contribution in [0.1, 0.15) is 5.56 Å². The van der Waals surface area contributed by atoms with Crippen LogP contribution in [0.2, 0.25) is 0 Å². The number of hydrogen-bond donors (Lipinski definition) is 0. The molecule has 3 rings (SSSR count). The molecule has 3 aromatic rings. The van der Waals surface area contributed by atoms with Gasteiger partial charge in [-0.3, -0.25) is 0 Å². The Morgan fingerprint density at radius 3 is 2.48 bits per heavy atom. The summed E-state index contributed by atoms with van der Waals surface area (Å²) >= 11 is 4.88.